The Morgan fingerprint density at radius 1 is 1.39 bits per heavy atom. The maximum Gasteiger partial charge on any atom is 0.314 e. The zero-order valence-electron chi connectivity index (χ0n) is 10.4. The number of urea groups is 1. The minimum atomic E-state index is -0.351. The fourth-order valence-corrected chi connectivity index (χ4v) is 2.16. The van der Waals surface area contributed by atoms with Crippen molar-refractivity contribution in [3.8, 4) is 0 Å². The van der Waals surface area contributed by atoms with Crippen LogP contribution >= 0.6 is 0 Å². The molecule has 1 saturated heterocycles. The number of anilines is 1. The van der Waals surface area contributed by atoms with Gasteiger partial charge in [0.05, 0.1) is 5.69 Å². The van der Waals surface area contributed by atoms with Crippen molar-refractivity contribution in [1.29, 1.82) is 0 Å². The number of amides is 2. The molecule has 0 aliphatic carbocycles. The molecule has 98 valence electrons. The minimum Gasteiger partial charge on any atom is -0.381 e. The van der Waals surface area contributed by atoms with Gasteiger partial charge in [0, 0.05) is 38.4 Å². The molecule has 2 amide bonds. The summed E-state index contributed by atoms with van der Waals surface area (Å²) in [4.78, 5) is 23.9. The van der Waals surface area contributed by atoms with E-state index in [1.165, 1.54) is 0 Å². The first-order valence-electron chi connectivity index (χ1n) is 6.04. The van der Waals surface area contributed by atoms with Crippen LogP contribution in [0.5, 0.6) is 0 Å². The van der Waals surface area contributed by atoms with Crippen molar-refractivity contribution in [2.24, 2.45) is 12.8 Å². The average Bonchev–Trinajstić information content (AvgIpc) is 2.34. The fourth-order valence-electron chi connectivity index (χ4n) is 2.16. The molecule has 0 atom stereocenters. The fraction of sp³-hybridized carbons (Fsp3) is 0.500. The Morgan fingerprint density at radius 3 is 2.61 bits per heavy atom. The van der Waals surface area contributed by atoms with Crippen LogP contribution in [-0.4, -0.2) is 34.6 Å². The molecule has 0 radical (unpaired) electrons. The minimum absolute atomic E-state index is 0.0240. The number of piperidine rings is 1. The zero-order chi connectivity index (χ0) is 13.1. The predicted octanol–water partition coefficient (Wildman–Crippen LogP) is 0.340. The molecule has 1 aliphatic heterocycles. The normalized spacial score (nSPS) is 16.6. The molecule has 0 unspecified atom stereocenters. The molecule has 18 heavy (non-hydrogen) atoms. The number of nitrogens with two attached hydrogens (primary N) is 1. The van der Waals surface area contributed by atoms with E-state index in [4.69, 9.17) is 5.73 Å². The number of carbonyl (C=O) groups is 1. The summed E-state index contributed by atoms with van der Waals surface area (Å²) in [5, 5.41) is 3.37. The third-order valence-electron chi connectivity index (χ3n) is 3.26. The second kappa shape index (κ2) is 5.12. The Hall–Kier alpha value is -1.98. The molecule has 0 aromatic carbocycles. The summed E-state index contributed by atoms with van der Waals surface area (Å²) in [6.07, 6.45) is 3.51. The van der Waals surface area contributed by atoms with Crippen molar-refractivity contribution in [3.05, 3.63) is 28.7 Å². The highest BCUT2D eigenvalue weighted by molar-refractivity contribution is 5.72. The molecule has 2 rings (SSSR count). The Balaban J connectivity index is 1.93. The predicted molar refractivity (Wildman–Crippen MR) is 69.5 cm³/mol. The van der Waals surface area contributed by atoms with Crippen LogP contribution in [0.2, 0.25) is 0 Å². The number of carbonyl (C=O) groups excluding carboxylic acids is 1. The van der Waals surface area contributed by atoms with Crippen LogP contribution in [0.4, 0.5) is 10.5 Å². The Morgan fingerprint density at radius 2 is 2.06 bits per heavy atom. The van der Waals surface area contributed by atoms with Crippen molar-refractivity contribution >= 4 is 11.7 Å². The SMILES string of the molecule is Cn1cc(NC2CCN(C(N)=O)CC2)ccc1=O. The van der Waals surface area contributed by atoms with Gasteiger partial charge in [-0.05, 0) is 18.9 Å². The largest absolute Gasteiger partial charge is 0.381 e. The van der Waals surface area contributed by atoms with Crippen LogP contribution in [0.1, 0.15) is 12.8 Å². The number of nitrogens with one attached hydrogen (secondary N) is 1. The number of pyridine rings is 1. The highest BCUT2D eigenvalue weighted by Gasteiger charge is 2.20. The summed E-state index contributed by atoms with van der Waals surface area (Å²) in [5.41, 5.74) is 6.13. The molecule has 1 aromatic rings. The standard InChI is InChI=1S/C12H18N4O2/c1-15-8-10(2-3-11(15)17)14-9-4-6-16(7-5-9)12(13)18/h2-3,8-9,14H,4-7H2,1H3,(H2,13,18). The molecular formula is C12H18N4O2. The third-order valence-corrected chi connectivity index (χ3v) is 3.26. The van der Waals surface area contributed by atoms with Crippen molar-refractivity contribution < 1.29 is 4.79 Å². The molecule has 0 saturated carbocycles. The van der Waals surface area contributed by atoms with E-state index in [2.05, 4.69) is 5.32 Å². The lowest BCUT2D eigenvalue weighted by Gasteiger charge is -2.31. The summed E-state index contributed by atoms with van der Waals surface area (Å²) in [6.45, 7) is 1.36. The summed E-state index contributed by atoms with van der Waals surface area (Å²) in [5.74, 6) is 0. The number of nitrogens with zero attached hydrogens (tertiary/aromatic N) is 2. The van der Waals surface area contributed by atoms with Crippen molar-refractivity contribution in [1.82, 2.24) is 9.47 Å². The molecule has 3 N–H and O–H groups in total. The number of primary amides is 1. The maximum absolute atomic E-state index is 11.3. The van der Waals surface area contributed by atoms with Crippen LogP contribution < -0.4 is 16.6 Å². The lowest BCUT2D eigenvalue weighted by atomic mass is 10.1. The van der Waals surface area contributed by atoms with Gasteiger partial charge in [-0.3, -0.25) is 4.79 Å². The first-order chi connectivity index (χ1) is 8.56. The van der Waals surface area contributed by atoms with E-state index >= 15 is 0 Å². The van der Waals surface area contributed by atoms with Gasteiger partial charge in [-0.15, -0.1) is 0 Å². The first kappa shape index (κ1) is 12.5. The van der Waals surface area contributed by atoms with Gasteiger partial charge in [0.1, 0.15) is 0 Å². The van der Waals surface area contributed by atoms with Gasteiger partial charge >= 0.3 is 6.03 Å². The van der Waals surface area contributed by atoms with Gasteiger partial charge in [0.25, 0.3) is 0 Å². The topological polar surface area (TPSA) is 80.4 Å². The second-order valence-electron chi connectivity index (χ2n) is 4.61. The van der Waals surface area contributed by atoms with Crippen molar-refractivity contribution in [3.63, 3.8) is 0 Å². The van der Waals surface area contributed by atoms with Crippen molar-refractivity contribution in [2.45, 2.75) is 18.9 Å². The Bertz CT molecular complexity index is 489. The quantitative estimate of drug-likeness (QED) is 0.794. The number of rotatable bonds is 2. The van der Waals surface area contributed by atoms with Crippen molar-refractivity contribution in [2.75, 3.05) is 18.4 Å². The molecule has 6 heteroatoms. The molecule has 1 aromatic heterocycles. The Kier molecular flexibility index (Phi) is 3.55. The lowest BCUT2D eigenvalue weighted by molar-refractivity contribution is 0.193. The summed E-state index contributed by atoms with van der Waals surface area (Å²) >= 11 is 0. The van der Waals surface area contributed by atoms with Crippen LogP contribution in [0.15, 0.2) is 23.1 Å². The first-order valence-corrected chi connectivity index (χ1v) is 6.04. The van der Waals surface area contributed by atoms with Crippen LogP contribution in [0.3, 0.4) is 0 Å². The van der Waals surface area contributed by atoms with Gasteiger partial charge < -0.3 is 20.5 Å². The molecular weight excluding hydrogens is 232 g/mol. The van der Waals surface area contributed by atoms with Gasteiger partial charge in [0.2, 0.25) is 5.56 Å². The lowest BCUT2D eigenvalue weighted by Crippen LogP contribution is -2.44. The monoisotopic (exact) mass is 250 g/mol. The van der Waals surface area contributed by atoms with Gasteiger partial charge in [-0.1, -0.05) is 0 Å². The van der Waals surface area contributed by atoms with Gasteiger partial charge in [-0.25, -0.2) is 4.79 Å². The zero-order valence-corrected chi connectivity index (χ0v) is 10.4. The second-order valence-corrected chi connectivity index (χ2v) is 4.61. The highest BCUT2D eigenvalue weighted by atomic mass is 16.2. The van der Waals surface area contributed by atoms with E-state index in [-0.39, 0.29) is 11.6 Å². The number of hydrogen-bond acceptors (Lipinski definition) is 3. The molecule has 1 fully saturated rings. The van der Waals surface area contributed by atoms with E-state index in [9.17, 15) is 9.59 Å². The van der Waals surface area contributed by atoms with Crippen LogP contribution in [0, 0.1) is 0 Å². The van der Waals surface area contributed by atoms with E-state index < -0.39 is 0 Å². The maximum atomic E-state index is 11.3. The van der Waals surface area contributed by atoms with E-state index in [0.29, 0.717) is 19.1 Å². The van der Waals surface area contributed by atoms with E-state index in [0.717, 1.165) is 18.5 Å². The average molecular weight is 250 g/mol. The summed E-state index contributed by atoms with van der Waals surface area (Å²) in [7, 11) is 1.73. The number of likely N-dealkylation sites (tertiary alicyclic amines) is 1. The van der Waals surface area contributed by atoms with E-state index in [1.807, 2.05) is 0 Å². The molecule has 0 spiro atoms. The summed E-state index contributed by atoms with van der Waals surface area (Å²) in [6, 6.07) is 3.29. The number of hydrogen-bond donors (Lipinski definition) is 2. The van der Waals surface area contributed by atoms with Gasteiger partial charge in [-0.2, -0.15) is 0 Å². The van der Waals surface area contributed by atoms with Crippen LogP contribution in [0.25, 0.3) is 0 Å². The smallest absolute Gasteiger partial charge is 0.314 e. The Labute approximate surface area is 105 Å². The third kappa shape index (κ3) is 2.82. The van der Waals surface area contributed by atoms with E-state index in [1.54, 1.807) is 34.8 Å². The number of aromatic nitrogens is 1. The molecule has 2 heterocycles. The number of aryl methyl sites for hydroxylation is 1. The van der Waals surface area contributed by atoms with Gasteiger partial charge in [0.15, 0.2) is 0 Å². The molecule has 6 nitrogen and oxygen atoms in total. The molecule has 0 bridgehead atoms. The summed E-state index contributed by atoms with van der Waals surface area (Å²) < 4.78 is 1.54. The van der Waals surface area contributed by atoms with Crippen LogP contribution in [-0.2, 0) is 7.05 Å². The highest BCUT2D eigenvalue weighted by Crippen LogP contribution is 2.15. The molecule has 1 aliphatic rings.